The molecule has 1 aromatic rings. The van der Waals surface area contributed by atoms with E-state index in [4.69, 9.17) is 29.6 Å². The Bertz CT molecular complexity index is 651. The van der Waals surface area contributed by atoms with Gasteiger partial charge >= 0.3 is 0 Å². The van der Waals surface area contributed by atoms with E-state index in [1.807, 2.05) is 0 Å². The van der Waals surface area contributed by atoms with Gasteiger partial charge in [0.05, 0.1) is 5.02 Å². The average Bonchev–Trinajstić information content (AvgIpc) is 2.37. The molecule has 4 nitrogen and oxygen atoms in total. The molecule has 1 heterocycles. The van der Waals surface area contributed by atoms with Crippen molar-refractivity contribution in [1.82, 2.24) is 4.31 Å². The summed E-state index contributed by atoms with van der Waals surface area (Å²) in [6.07, 6.45) is 1.03. The summed E-state index contributed by atoms with van der Waals surface area (Å²) in [5.74, 6) is 0.669. The molecule has 1 aliphatic heterocycles. The van der Waals surface area contributed by atoms with Gasteiger partial charge in [-0.25, -0.2) is 8.42 Å². The molecule has 0 aromatic heterocycles. The number of thiocarbonyl (C=S) groups is 1. The van der Waals surface area contributed by atoms with E-state index in [0.29, 0.717) is 30.5 Å². The molecular weight excluding hydrogens is 328 g/mol. The Hall–Kier alpha value is -0.690. The van der Waals surface area contributed by atoms with E-state index in [1.54, 1.807) is 6.07 Å². The van der Waals surface area contributed by atoms with Crippen LogP contribution in [0.3, 0.4) is 0 Å². The molecule has 116 valence electrons. The van der Waals surface area contributed by atoms with Crippen LogP contribution in [0.4, 0.5) is 0 Å². The summed E-state index contributed by atoms with van der Waals surface area (Å²) in [7, 11) is -3.63. The van der Waals surface area contributed by atoms with Crippen LogP contribution in [-0.2, 0) is 10.0 Å². The molecule has 21 heavy (non-hydrogen) atoms. The number of nitrogens with two attached hydrogens (primary N) is 1. The number of hydrogen-bond acceptors (Lipinski definition) is 3. The molecule has 0 amide bonds. The molecule has 1 aromatic carbocycles. The number of benzene rings is 1. The maximum atomic E-state index is 12.8. The van der Waals surface area contributed by atoms with Crippen LogP contribution in [0.15, 0.2) is 23.1 Å². The monoisotopic (exact) mass is 346 g/mol. The van der Waals surface area contributed by atoms with Crippen LogP contribution in [0.1, 0.15) is 25.8 Å². The van der Waals surface area contributed by atoms with Crippen LogP contribution in [-0.4, -0.2) is 30.8 Å². The van der Waals surface area contributed by atoms with Crippen LogP contribution in [0.25, 0.3) is 0 Å². The third-order valence-corrected chi connectivity index (χ3v) is 6.22. The smallest absolute Gasteiger partial charge is 0.244 e. The first kappa shape index (κ1) is 16.7. The maximum absolute atomic E-state index is 12.8. The van der Waals surface area contributed by atoms with Crippen LogP contribution >= 0.6 is 23.8 Å². The predicted molar refractivity (Wildman–Crippen MR) is 89.0 cm³/mol. The number of halogens is 1. The fourth-order valence-electron chi connectivity index (χ4n) is 2.80. The van der Waals surface area contributed by atoms with E-state index in [2.05, 4.69) is 13.8 Å². The Morgan fingerprint density at radius 1 is 1.33 bits per heavy atom. The molecule has 1 aliphatic rings. The Morgan fingerprint density at radius 3 is 2.43 bits per heavy atom. The third-order valence-electron chi connectivity index (χ3n) is 3.67. The van der Waals surface area contributed by atoms with Gasteiger partial charge in [0.1, 0.15) is 9.88 Å². The molecule has 1 saturated heterocycles. The van der Waals surface area contributed by atoms with Crippen molar-refractivity contribution in [2.45, 2.75) is 25.2 Å². The third kappa shape index (κ3) is 3.56. The number of nitrogens with zero attached hydrogens (tertiary/aromatic N) is 1. The van der Waals surface area contributed by atoms with Crippen LogP contribution in [0.5, 0.6) is 0 Å². The zero-order valence-corrected chi connectivity index (χ0v) is 14.4. The quantitative estimate of drug-likeness (QED) is 0.854. The lowest BCUT2D eigenvalue weighted by Gasteiger charge is -2.34. The zero-order valence-electron chi connectivity index (χ0n) is 12.0. The number of sulfonamides is 1. The molecule has 2 unspecified atom stereocenters. The summed E-state index contributed by atoms with van der Waals surface area (Å²) in [6.45, 7) is 5.15. The van der Waals surface area contributed by atoms with Crippen molar-refractivity contribution in [2.24, 2.45) is 17.6 Å². The molecule has 2 atom stereocenters. The van der Waals surface area contributed by atoms with Gasteiger partial charge in [0.25, 0.3) is 0 Å². The minimum Gasteiger partial charge on any atom is -0.389 e. The second-order valence-electron chi connectivity index (χ2n) is 5.78. The first-order valence-corrected chi connectivity index (χ1v) is 9.04. The minimum absolute atomic E-state index is 0.0794. The lowest BCUT2D eigenvalue weighted by Crippen LogP contribution is -2.42. The van der Waals surface area contributed by atoms with Gasteiger partial charge in [0.15, 0.2) is 0 Å². The molecule has 0 spiro atoms. The van der Waals surface area contributed by atoms with Crippen molar-refractivity contribution in [2.75, 3.05) is 13.1 Å². The van der Waals surface area contributed by atoms with E-state index in [9.17, 15) is 8.42 Å². The van der Waals surface area contributed by atoms with Crippen LogP contribution < -0.4 is 5.73 Å². The highest BCUT2D eigenvalue weighted by atomic mass is 35.5. The lowest BCUT2D eigenvalue weighted by molar-refractivity contribution is 0.222. The maximum Gasteiger partial charge on any atom is 0.244 e. The van der Waals surface area contributed by atoms with Crippen molar-refractivity contribution in [3.8, 4) is 0 Å². The lowest BCUT2D eigenvalue weighted by atomic mass is 9.94. The van der Waals surface area contributed by atoms with Crippen molar-refractivity contribution < 1.29 is 8.42 Å². The average molecular weight is 347 g/mol. The summed E-state index contributed by atoms with van der Waals surface area (Å²) in [4.78, 5) is 0.235. The molecule has 2 N–H and O–H groups in total. The predicted octanol–water partition coefficient (Wildman–Crippen LogP) is 2.64. The van der Waals surface area contributed by atoms with Crippen molar-refractivity contribution in [1.29, 1.82) is 0 Å². The second kappa shape index (κ2) is 6.20. The molecule has 0 aliphatic carbocycles. The van der Waals surface area contributed by atoms with E-state index >= 15 is 0 Å². The summed E-state index contributed by atoms with van der Waals surface area (Å²) in [5.41, 5.74) is 6.08. The van der Waals surface area contributed by atoms with E-state index in [0.717, 1.165) is 6.42 Å². The zero-order chi connectivity index (χ0) is 15.8. The van der Waals surface area contributed by atoms with Gasteiger partial charge in [0.2, 0.25) is 10.0 Å². The summed E-state index contributed by atoms with van der Waals surface area (Å²) in [6, 6.07) is 4.62. The molecule has 1 fully saturated rings. The summed E-state index contributed by atoms with van der Waals surface area (Å²) >= 11 is 11.0. The van der Waals surface area contributed by atoms with Crippen LogP contribution in [0.2, 0.25) is 5.02 Å². The fourth-order valence-corrected chi connectivity index (χ4v) is 5.10. The Balaban J connectivity index is 2.44. The van der Waals surface area contributed by atoms with E-state index in [-0.39, 0.29) is 14.9 Å². The highest BCUT2D eigenvalue weighted by molar-refractivity contribution is 7.89. The molecule has 0 bridgehead atoms. The molecule has 2 rings (SSSR count). The summed E-state index contributed by atoms with van der Waals surface area (Å²) in [5, 5.41) is 0.195. The van der Waals surface area contributed by atoms with Crippen LogP contribution in [0, 0.1) is 11.8 Å². The van der Waals surface area contributed by atoms with Crippen molar-refractivity contribution in [3.05, 3.63) is 28.8 Å². The molecule has 0 radical (unpaired) electrons. The van der Waals surface area contributed by atoms with Gasteiger partial charge in [-0.1, -0.05) is 43.7 Å². The molecular formula is C14H19ClN2O2S2. The highest BCUT2D eigenvalue weighted by Gasteiger charge is 2.33. The minimum atomic E-state index is -3.63. The Morgan fingerprint density at radius 2 is 1.90 bits per heavy atom. The standard InChI is InChI=1S/C14H19ClN2O2S2/c1-9-5-10(2)8-17(7-9)21(18,19)13-6-11(14(16)20)3-4-12(13)15/h3-4,6,9-10H,5,7-8H2,1-2H3,(H2,16,20). The van der Waals surface area contributed by atoms with Gasteiger partial charge in [-0.3, -0.25) is 0 Å². The largest absolute Gasteiger partial charge is 0.389 e. The van der Waals surface area contributed by atoms with E-state index in [1.165, 1.54) is 16.4 Å². The number of hydrogen-bond donors (Lipinski definition) is 1. The van der Waals surface area contributed by atoms with E-state index < -0.39 is 10.0 Å². The SMILES string of the molecule is CC1CC(C)CN(S(=O)(=O)c2cc(C(N)=S)ccc2Cl)C1. The van der Waals surface area contributed by atoms with Gasteiger partial charge in [0, 0.05) is 18.7 Å². The van der Waals surface area contributed by atoms with Gasteiger partial charge in [-0.15, -0.1) is 0 Å². The second-order valence-corrected chi connectivity index (χ2v) is 8.53. The van der Waals surface area contributed by atoms with Gasteiger partial charge in [-0.2, -0.15) is 4.31 Å². The Kier molecular flexibility index (Phi) is 4.92. The Labute approximate surface area is 136 Å². The fraction of sp³-hybridized carbons (Fsp3) is 0.500. The normalized spacial score (nSPS) is 24.0. The first-order valence-electron chi connectivity index (χ1n) is 6.81. The first-order chi connectivity index (χ1) is 9.71. The van der Waals surface area contributed by atoms with Gasteiger partial charge in [-0.05, 0) is 30.4 Å². The van der Waals surface area contributed by atoms with Crippen molar-refractivity contribution >= 4 is 38.8 Å². The topological polar surface area (TPSA) is 63.4 Å². The molecule has 0 saturated carbocycles. The van der Waals surface area contributed by atoms with Gasteiger partial charge < -0.3 is 5.73 Å². The highest BCUT2D eigenvalue weighted by Crippen LogP contribution is 2.30. The number of rotatable bonds is 3. The number of piperidine rings is 1. The van der Waals surface area contributed by atoms with Crippen molar-refractivity contribution in [3.63, 3.8) is 0 Å². The summed E-state index contributed by atoms with van der Waals surface area (Å²) < 4.78 is 27.2. The molecule has 7 heteroatoms.